The zero-order valence-corrected chi connectivity index (χ0v) is 10.8. The molecule has 5 nitrogen and oxygen atoms in total. The second kappa shape index (κ2) is 5.28. The second-order valence-electron chi connectivity index (χ2n) is 4.52. The first kappa shape index (κ1) is 14.6. The predicted octanol–water partition coefficient (Wildman–Crippen LogP) is 1.57. The molecule has 110 valence electrons. The first-order chi connectivity index (χ1) is 9.40. The highest BCUT2D eigenvalue weighted by Gasteiger charge is 2.61. The summed E-state index contributed by atoms with van der Waals surface area (Å²) >= 11 is 0. The second-order valence-corrected chi connectivity index (χ2v) is 4.52. The van der Waals surface area contributed by atoms with Crippen LogP contribution in [0.2, 0.25) is 0 Å². The SMILES string of the molecule is COc1ncccc1NC(=O)C1(C(F)(F)F)CCNC1. The average molecular weight is 289 g/mol. The predicted molar refractivity (Wildman–Crippen MR) is 65.4 cm³/mol. The maximum Gasteiger partial charge on any atom is 0.404 e. The number of halogens is 3. The van der Waals surface area contributed by atoms with Crippen LogP contribution < -0.4 is 15.4 Å². The van der Waals surface area contributed by atoms with E-state index in [0.29, 0.717) is 0 Å². The highest BCUT2D eigenvalue weighted by molar-refractivity contribution is 5.97. The molecule has 8 heteroatoms. The van der Waals surface area contributed by atoms with Crippen LogP contribution in [0, 0.1) is 5.41 Å². The summed E-state index contributed by atoms with van der Waals surface area (Å²) in [6.07, 6.45) is -3.48. The topological polar surface area (TPSA) is 63.2 Å². The molecular weight excluding hydrogens is 275 g/mol. The Balaban J connectivity index is 2.26. The van der Waals surface area contributed by atoms with Gasteiger partial charge in [0.05, 0.1) is 7.11 Å². The molecule has 1 aromatic heterocycles. The van der Waals surface area contributed by atoms with Crippen molar-refractivity contribution in [1.82, 2.24) is 10.3 Å². The van der Waals surface area contributed by atoms with E-state index in [9.17, 15) is 18.0 Å². The van der Waals surface area contributed by atoms with Crippen molar-refractivity contribution in [2.75, 3.05) is 25.5 Å². The number of anilines is 1. The molecule has 0 aromatic carbocycles. The molecule has 1 atom stereocenters. The lowest BCUT2D eigenvalue weighted by atomic mass is 9.85. The summed E-state index contributed by atoms with van der Waals surface area (Å²) in [5, 5.41) is 4.85. The Morgan fingerprint density at radius 1 is 1.55 bits per heavy atom. The number of hydrogen-bond donors (Lipinski definition) is 2. The van der Waals surface area contributed by atoms with E-state index >= 15 is 0 Å². The van der Waals surface area contributed by atoms with Crippen molar-refractivity contribution in [2.24, 2.45) is 5.41 Å². The van der Waals surface area contributed by atoms with Crippen LogP contribution in [0.15, 0.2) is 18.3 Å². The molecule has 1 aliphatic rings. The Morgan fingerprint density at radius 3 is 2.85 bits per heavy atom. The molecule has 0 aliphatic carbocycles. The molecule has 2 heterocycles. The van der Waals surface area contributed by atoms with E-state index in [2.05, 4.69) is 15.6 Å². The molecule has 20 heavy (non-hydrogen) atoms. The smallest absolute Gasteiger partial charge is 0.404 e. The number of rotatable bonds is 3. The number of pyridine rings is 1. The van der Waals surface area contributed by atoms with E-state index in [1.54, 1.807) is 0 Å². The molecule has 0 radical (unpaired) electrons. The zero-order valence-electron chi connectivity index (χ0n) is 10.8. The molecule has 1 saturated heterocycles. The minimum absolute atomic E-state index is 0.0733. The summed E-state index contributed by atoms with van der Waals surface area (Å²) in [5.41, 5.74) is -2.29. The molecule has 1 unspecified atom stereocenters. The summed E-state index contributed by atoms with van der Waals surface area (Å²) in [7, 11) is 1.33. The number of aromatic nitrogens is 1. The first-order valence-electron chi connectivity index (χ1n) is 5.98. The molecule has 1 aliphatic heterocycles. The van der Waals surface area contributed by atoms with Crippen LogP contribution in [0.3, 0.4) is 0 Å². The monoisotopic (exact) mass is 289 g/mol. The van der Waals surface area contributed by atoms with Crippen LogP contribution in [0.5, 0.6) is 5.88 Å². The first-order valence-corrected chi connectivity index (χ1v) is 5.98. The largest absolute Gasteiger partial charge is 0.480 e. The van der Waals surface area contributed by atoms with Crippen molar-refractivity contribution in [2.45, 2.75) is 12.6 Å². The molecule has 2 rings (SSSR count). The van der Waals surface area contributed by atoms with Crippen LogP contribution in [-0.4, -0.2) is 37.3 Å². The number of ether oxygens (including phenoxy) is 1. The fourth-order valence-electron chi connectivity index (χ4n) is 2.15. The maximum absolute atomic E-state index is 13.2. The standard InChI is InChI=1S/C12H14F3N3O2/c1-20-9-8(3-2-5-17-9)18-10(19)11(12(13,14)15)4-6-16-7-11/h2-3,5,16H,4,6-7H2,1H3,(H,18,19). The number of carbonyl (C=O) groups is 1. The van der Waals surface area contributed by atoms with Gasteiger partial charge in [-0.25, -0.2) is 4.98 Å². The molecule has 0 spiro atoms. The number of methoxy groups -OCH3 is 1. The third-order valence-electron chi connectivity index (χ3n) is 3.35. The van der Waals surface area contributed by atoms with Gasteiger partial charge in [0.2, 0.25) is 11.8 Å². The van der Waals surface area contributed by atoms with Gasteiger partial charge in [0, 0.05) is 12.7 Å². The zero-order chi connectivity index (χ0) is 14.8. The lowest BCUT2D eigenvalue weighted by molar-refractivity contribution is -0.213. The maximum atomic E-state index is 13.2. The van der Waals surface area contributed by atoms with Gasteiger partial charge in [0.25, 0.3) is 0 Å². The van der Waals surface area contributed by atoms with Crippen molar-refractivity contribution >= 4 is 11.6 Å². The number of nitrogens with one attached hydrogen (secondary N) is 2. The molecule has 1 fully saturated rings. The van der Waals surface area contributed by atoms with E-state index < -0.39 is 24.0 Å². The lowest BCUT2D eigenvalue weighted by Gasteiger charge is -2.29. The Hall–Kier alpha value is -1.83. The van der Waals surface area contributed by atoms with E-state index in [0.717, 1.165) is 0 Å². The fraction of sp³-hybridized carbons (Fsp3) is 0.500. The van der Waals surface area contributed by atoms with Crippen molar-refractivity contribution in [1.29, 1.82) is 0 Å². The normalized spacial score (nSPS) is 22.6. The fourth-order valence-corrected chi connectivity index (χ4v) is 2.15. The third-order valence-corrected chi connectivity index (χ3v) is 3.35. The molecule has 0 saturated carbocycles. The number of carbonyl (C=O) groups excluding carboxylic acids is 1. The number of hydrogen-bond acceptors (Lipinski definition) is 4. The van der Waals surface area contributed by atoms with Crippen LogP contribution >= 0.6 is 0 Å². The van der Waals surface area contributed by atoms with Crippen molar-refractivity contribution < 1.29 is 22.7 Å². The Kier molecular flexibility index (Phi) is 3.85. The van der Waals surface area contributed by atoms with Crippen LogP contribution in [0.4, 0.5) is 18.9 Å². The van der Waals surface area contributed by atoms with Gasteiger partial charge >= 0.3 is 6.18 Å². The van der Waals surface area contributed by atoms with Crippen LogP contribution in [0.25, 0.3) is 0 Å². The number of nitrogens with zero attached hydrogens (tertiary/aromatic N) is 1. The molecular formula is C12H14F3N3O2. The van der Waals surface area contributed by atoms with Crippen molar-refractivity contribution in [3.05, 3.63) is 18.3 Å². The van der Waals surface area contributed by atoms with Gasteiger partial charge in [-0.2, -0.15) is 13.2 Å². The Morgan fingerprint density at radius 2 is 2.30 bits per heavy atom. The minimum atomic E-state index is -4.62. The van der Waals surface area contributed by atoms with Crippen molar-refractivity contribution in [3.63, 3.8) is 0 Å². The van der Waals surface area contributed by atoms with E-state index in [1.165, 1.54) is 25.4 Å². The molecule has 1 aromatic rings. The highest BCUT2D eigenvalue weighted by atomic mass is 19.4. The van der Waals surface area contributed by atoms with E-state index in [-0.39, 0.29) is 24.5 Å². The lowest BCUT2D eigenvalue weighted by Crippen LogP contribution is -2.49. The summed E-state index contributed by atoms with van der Waals surface area (Å²) in [4.78, 5) is 15.9. The minimum Gasteiger partial charge on any atom is -0.480 e. The van der Waals surface area contributed by atoms with Crippen LogP contribution in [-0.2, 0) is 4.79 Å². The molecule has 2 N–H and O–H groups in total. The number of amides is 1. The van der Waals surface area contributed by atoms with Gasteiger partial charge in [-0.1, -0.05) is 0 Å². The molecule has 0 bridgehead atoms. The van der Waals surface area contributed by atoms with Gasteiger partial charge in [-0.3, -0.25) is 4.79 Å². The highest BCUT2D eigenvalue weighted by Crippen LogP contribution is 2.44. The average Bonchev–Trinajstić information content (AvgIpc) is 2.89. The van der Waals surface area contributed by atoms with Crippen LogP contribution in [0.1, 0.15) is 6.42 Å². The summed E-state index contributed by atoms with van der Waals surface area (Å²) < 4.78 is 44.5. The van der Waals surface area contributed by atoms with E-state index in [1.807, 2.05) is 0 Å². The quantitative estimate of drug-likeness (QED) is 0.886. The van der Waals surface area contributed by atoms with Gasteiger partial charge in [-0.15, -0.1) is 0 Å². The van der Waals surface area contributed by atoms with Crippen molar-refractivity contribution in [3.8, 4) is 5.88 Å². The van der Waals surface area contributed by atoms with Gasteiger partial charge in [-0.05, 0) is 25.1 Å². The third kappa shape index (κ3) is 2.43. The Labute approximate surface area is 113 Å². The van der Waals surface area contributed by atoms with E-state index in [4.69, 9.17) is 4.74 Å². The summed E-state index contributed by atoms with van der Waals surface area (Å²) in [5.74, 6) is -1.02. The number of alkyl halides is 3. The van der Waals surface area contributed by atoms with Gasteiger partial charge in [0.15, 0.2) is 5.41 Å². The summed E-state index contributed by atoms with van der Waals surface area (Å²) in [6.45, 7) is -0.276. The van der Waals surface area contributed by atoms with Gasteiger partial charge in [0.1, 0.15) is 5.69 Å². The molecule has 1 amide bonds. The Bertz CT molecular complexity index is 499. The summed E-state index contributed by atoms with van der Waals surface area (Å²) in [6, 6.07) is 2.95. The van der Waals surface area contributed by atoms with Gasteiger partial charge < -0.3 is 15.4 Å².